The van der Waals surface area contributed by atoms with Crippen molar-refractivity contribution in [2.45, 2.75) is 19.2 Å². The van der Waals surface area contributed by atoms with Gasteiger partial charge in [-0.2, -0.15) is 0 Å². The molecule has 1 amide bonds. The molecule has 0 N–H and O–H groups in total. The first-order valence-electron chi connectivity index (χ1n) is 7.55. The fourth-order valence-corrected chi connectivity index (χ4v) is 3.97. The molecule has 1 aliphatic heterocycles. The van der Waals surface area contributed by atoms with Gasteiger partial charge in [-0.25, -0.2) is 0 Å². The van der Waals surface area contributed by atoms with Gasteiger partial charge in [-0.3, -0.25) is 4.79 Å². The zero-order valence-electron chi connectivity index (χ0n) is 12.9. The van der Waals surface area contributed by atoms with E-state index in [1.54, 1.807) is 11.8 Å². The molecule has 3 rings (SSSR count). The fourth-order valence-electron chi connectivity index (χ4n) is 2.73. The second kappa shape index (κ2) is 6.48. The average molecular weight is 316 g/mol. The van der Waals surface area contributed by atoms with E-state index < -0.39 is 0 Å². The van der Waals surface area contributed by atoms with Crippen LogP contribution >= 0.6 is 11.8 Å². The predicted molar refractivity (Wildman–Crippen MR) is 89.5 cm³/mol. The lowest BCUT2D eigenvalue weighted by Gasteiger charge is -2.21. The second-order valence-corrected chi connectivity index (χ2v) is 6.16. The average Bonchev–Trinajstić information content (AvgIpc) is 3.14. The number of nitrogens with zero attached hydrogens (tertiary/aromatic N) is 2. The molecule has 116 valence electrons. The lowest BCUT2D eigenvalue weighted by molar-refractivity contribution is -0.127. The molecule has 1 fully saturated rings. The molecule has 1 saturated heterocycles. The normalized spacial score (nSPS) is 18.0. The molecular weight excluding hydrogens is 296 g/mol. The highest BCUT2D eigenvalue weighted by Gasteiger charge is 2.32. The number of benzene rings is 1. The van der Waals surface area contributed by atoms with Gasteiger partial charge in [0.25, 0.3) is 0 Å². The molecule has 0 bridgehead atoms. The highest BCUT2D eigenvalue weighted by molar-refractivity contribution is 8.00. The van der Waals surface area contributed by atoms with E-state index in [0.29, 0.717) is 12.4 Å². The van der Waals surface area contributed by atoms with Crippen LogP contribution in [-0.2, 0) is 4.79 Å². The number of amides is 1. The van der Waals surface area contributed by atoms with E-state index in [1.807, 2.05) is 49.2 Å². The second-order valence-electron chi connectivity index (χ2n) is 5.10. The first-order chi connectivity index (χ1) is 10.7. The minimum absolute atomic E-state index is 0.123. The van der Waals surface area contributed by atoms with Crippen LogP contribution in [0.3, 0.4) is 0 Å². The van der Waals surface area contributed by atoms with Crippen LogP contribution in [0.25, 0.3) is 5.69 Å². The summed E-state index contributed by atoms with van der Waals surface area (Å²) in [5.74, 6) is 1.66. The van der Waals surface area contributed by atoms with Crippen molar-refractivity contribution < 1.29 is 9.53 Å². The molecule has 0 saturated carbocycles. The summed E-state index contributed by atoms with van der Waals surface area (Å²) in [6, 6.07) is 10.1. The number of hydrogen-bond donors (Lipinski definition) is 0. The molecule has 2 heterocycles. The van der Waals surface area contributed by atoms with E-state index in [0.717, 1.165) is 23.5 Å². The molecule has 5 heteroatoms. The molecule has 0 unspecified atom stereocenters. The lowest BCUT2D eigenvalue weighted by atomic mass is 10.3. The SMILES string of the molecule is CCOc1ccccc1-n1ccc([C@H]2SCC(=O)N2CC)c1. The van der Waals surface area contributed by atoms with Gasteiger partial charge < -0.3 is 14.2 Å². The van der Waals surface area contributed by atoms with Crippen LogP contribution in [0.5, 0.6) is 5.75 Å². The maximum Gasteiger partial charge on any atom is 0.233 e. The first kappa shape index (κ1) is 15.0. The van der Waals surface area contributed by atoms with Gasteiger partial charge >= 0.3 is 0 Å². The molecule has 0 radical (unpaired) electrons. The Morgan fingerprint density at radius 1 is 1.27 bits per heavy atom. The molecule has 1 aromatic heterocycles. The molecule has 1 aromatic carbocycles. The Kier molecular flexibility index (Phi) is 4.43. The van der Waals surface area contributed by atoms with Crippen molar-refractivity contribution >= 4 is 17.7 Å². The molecule has 1 atom stereocenters. The van der Waals surface area contributed by atoms with Gasteiger partial charge in [0.1, 0.15) is 11.1 Å². The lowest BCUT2D eigenvalue weighted by Crippen LogP contribution is -2.27. The summed E-state index contributed by atoms with van der Waals surface area (Å²) in [6.07, 6.45) is 4.13. The van der Waals surface area contributed by atoms with Crippen molar-refractivity contribution in [1.82, 2.24) is 9.47 Å². The topological polar surface area (TPSA) is 34.5 Å². The largest absolute Gasteiger partial charge is 0.492 e. The van der Waals surface area contributed by atoms with Crippen LogP contribution in [0, 0.1) is 0 Å². The quantitative estimate of drug-likeness (QED) is 0.847. The van der Waals surface area contributed by atoms with Crippen LogP contribution in [0.4, 0.5) is 0 Å². The van der Waals surface area contributed by atoms with Gasteiger partial charge in [-0.05, 0) is 32.0 Å². The number of rotatable bonds is 5. The number of thioether (sulfide) groups is 1. The highest BCUT2D eigenvalue weighted by atomic mass is 32.2. The minimum Gasteiger partial charge on any atom is -0.492 e. The van der Waals surface area contributed by atoms with E-state index in [9.17, 15) is 4.79 Å². The highest BCUT2D eigenvalue weighted by Crippen LogP contribution is 2.39. The number of carbonyl (C=O) groups is 1. The summed E-state index contributed by atoms with van der Waals surface area (Å²) in [6.45, 7) is 5.40. The van der Waals surface area contributed by atoms with Crippen LogP contribution in [0.1, 0.15) is 24.8 Å². The van der Waals surface area contributed by atoms with E-state index in [4.69, 9.17) is 4.74 Å². The summed E-state index contributed by atoms with van der Waals surface area (Å²) < 4.78 is 7.76. The Bertz CT molecular complexity index is 668. The summed E-state index contributed by atoms with van der Waals surface area (Å²) in [5, 5.41) is 0.123. The van der Waals surface area contributed by atoms with Crippen molar-refractivity contribution in [2.24, 2.45) is 0 Å². The van der Waals surface area contributed by atoms with Crippen molar-refractivity contribution in [3.8, 4) is 11.4 Å². The summed E-state index contributed by atoms with van der Waals surface area (Å²) in [5.41, 5.74) is 2.18. The molecule has 0 aliphatic carbocycles. The zero-order chi connectivity index (χ0) is 15.5. The fraction of sp³-hybridized carbons (Fsp3) is 0.353. The Balaban J connectivity index is 1.90. The number of aromatic nitrogens is 1. The predicted octanol–water partition coefficient (Wildman–Crippen LogP) is 3.47. The zero-order valence-corrected chi connectivity index (χ0v) is 13.7. The Morgan fingerprint density at radius 2 is 2.09 bits per heavy atom. The molecular formula is C17H20N2O2S. The van der Waals surface area contributed by atoms with Gasteiger partial charge in [-0.1, -0.05) is 12.1 Å². The Morgan fingerprint density at radius 3 is 2.86 bits per heavy atom. The van der Waals surface area contributed by atoms with Gasteiger partial charge in [0.05, 0.1) is 18.0 Å². The van der Waals surface area contributed by atoms with E-state index in [-0.39, 0.29) is 11.3 Å². The smallest absolute Gasteiger partial charge is 0.233 e. The van der Waals surface area contributed by atoms with Crippen LogP contribution in [0.15, 0.2) is 42.7 Å². The minimum atomic E-state index is 0.123. The number of carbonyl (C=O) groups excluding carboxylic acids is 1. The van der Waals surface area contributed by atoms with E-state index in [2.05, 4.69) is 16.8 Å². The summed E-state index contributed by atoms with van der Waals surface area (Å²) in [7, 11) is 0. The monoisotopic (exact) mass is 316 g/mol. The van der Waals surface area contributed by atoms with Crippen molar-refractivity contribution in [2.75, 3.05) is 18.9 Å². The van der Waals surface area contributed by atoms with Gasteiger partial charge in [0, 0.05) is 24.5 Å². The summed E-state index contributed by atoms with van der Waals surface area (Å²) in [4.78, 5) is 13.8. The summed E-state index contributed by atoms with van der Waals surface area (Å²) >= 11 is 1.69. The maximum atomic E-state index is 11.9. The van der Waals surface area contributed by atoms with Gasteiger partial charge in [-0.15, -0.1) is 11.8 Å². The van der Waals surface area contributed by atoms with Crippen molar-refractivity contribution in [3.63, 3.8) is 0 Å². The maximum absolute atomic E-state index is 11.9. The van der Waals surface area contributed by atoms with Crippen LogP contribution < -0.4 is 4.74 Å². The third-order valence-electron chi connectivity index (χ3n) is 3.75. The van der Waals surface area contributed by atoms with Crippen LogP contribution in [-0.4, -0.2) is 34.3 Å². The van der Waals surface area contributed by atoms with E-state index in [1.165, 1.54) is 0 Å². The Hall–Kier alpha value is -1.88. The molecule has 1 aliphatic rings. The van der Waals surface area contributed by atoms with Crippen molar-refractivity contribution in [3.05, 3.63) is 48.3 Å². The number of hydrogen-bond acceptors (Lipinski definition) is 3. The molecule has 2 aromatic rings. The number of para-hydroxylation sites is 2. The van der Waals surface area contributed by atoms with Gasteiger partial charge in [0.2, 0.25) is 5.91 Å². The molecule has 0 spiro atoms. The third-order valence-corrected chi connectivity index (χ3v) is 5.01. The standard InChI is InChI=1S/C17H20N2O2S/c1-3-19-16(20)12-22-17(19)13-9-10-18(11-13)14-7-5-6-8-15(14)21-4-2/h5-11,17H,3-4,12H2,1-2H3/t17-/m1/s1. The molecule has 4 nitrogen and oxygen atoms in total. The van der Waals surface area contributed by atoms with E-state index >= 15 is 0 Å². The number of ether oxygens (including phenoxy) is 1. The van der Waals surface area contributed by atoms with Crippen LogP contribution in [0.2, 0.25) is 0 Å². The molecule has 22 heavy (non-hydrogen) atoms. The third kappa shape index (κ3) is 2.73. The first-order valence-corrected chi connectivity index (χ1v) is 8.60. The van der Waals surface area contributed by atoms with Crippen molar-refractivity contribution in [1.29, 1.82) is 0 Å². The Labute approximate surface area is 135 Å². The van der Waals surface area contributed by atoms with Gasteiger partial charge in [0.15, 0.2) is 0 Å².